The number of fused-ring (bicyclic) bond motifs is 11. The summed E-state index contributed by atoms with van der Waals surface area (Å²) < 4.78 is 4.72. The quantitative estimate of drug-likeness (QED) is 0.185. The van der Waals surface area contributed by atoms with Gasteiger partial charge in [0, 0.05) is 43.6 Å². The second kappa shape index (κ2) is 11.1. The fraction of sp³-hybridized carbons (Fsp3) is 0. The molecule has 0 bridgehead atoms. The van der Waals surface area contributed by atoms with Crippen molar-refractivity contribution in [2.24, 2.45) is 0 Å². The van der Waals surface area contributed by atoms with E-state index in [1.54, 1.807) is 0 Å². The number of hydrogen-bond donors (Lipinski definition) is 0. The summed E-state index contributed by atoms with van der Waals surface area (Å²) in [6.45, 7) is 0. The van der Waals surface area contributed by atoms with Crippen molar-refractivity contribution < 1.29 is 0 Å². The molecule has 0 aliphatic heterocycles. The van der Waals surface area contributed by atoms with Gasteiger partial charge in [0.05, 0.1) is 33.3 Å². The zero-order valence-corrected chi connectivity index (χ0v) is 29.1. The highest BCUT2D eigenvalue weighted by atomic mass is 15.2. The molecule has 0 atom stereocenters. The molecule has 0 radical (unpaired) electrons. The molecule has 0 aliphatic carbocycles. The molecule has 9 aromatic carbocycles. The molecule has 0 fully saturated rings. The Hall–Kier alpha value is -7.30. The van der Waals surface area contributed by atoms with Gasteiger partial charge in [-0.2, -0.15) is 0 Å². The highest BCUT2D eigenvalue weighted by molar-refractivity contribution is 6.19. The molecule has 250 valence electrons. The molecule has 0 N–H and O–H groups in total. The van der Waals surface area contributed by atoms with Gasteiger partial charge in [0.2, 0.25) is 5.95 Å². The Bertz CT molecular complexity index is 3510. The van der Waals surface area contributed by atoms with Crippen LogP contribution in [0.4, 0.5) is 0 Å². The third-order valence-electron chi connectivity index (χ3n) is 11.2. The number of para-hydroxylation sites is 2. The van der Waals surface area contributed by atoms with E-state index in [4.69, 9.17) is 9.97 Å². The van der Waals surface area contributed by atoms with Crippen molar-refractivity contribution >= 4 is 86.8 Å². The lowest BCUT2D eigenvalue weighted by molar-refractivity contribution is 1.01. The van der Waals surface area contributed by atoms with E-state index < -0.39 is 0 Å². The minimum absolute atomic E-state index is 0.650. The van der Waals surface area contributed by atoms with Gasteiger partial charge in [0.15, 0.2) is 0 Å². The summed E-state index contributed by atoms with van der Waals surface area (Å²) in [5, 5.41) is 13.1. The van der Waals surface area contributed by atoms with Gasteiger partial charge < -0.3 is 4.57 Å². The van der Waals surface area contributed by atoms with Crippen LogP contribution in [0.5, 0.6) is 0 Å². The molecule has 12 rings (SSSR count). The number of rotatable bonds is 3. The zero-order chi connectivity index (χ0) is 35.3. The van der Waals surface area contributed by atoms with E-state index in [0.717, 1.165) is 44.3 Å². The Balaban J connectivity index is 1.20. The average Bonchev–Trinajstić information content (AvgIpc) is 3.74. The molecule has 54 heavy (non-hydrogen) atoms. The second-order valence-electron chi connectivity index (χ2n) is 14.2. The topological polar surface area (TPSA) is 35.6 Å². The Labute approximate surface area is 309 Å². The third kappa shape index (κ3) is 4.19. The standard InChI is InChI=1S/C50H30N4/c1-2-13-33-27-36(22-21-31(33)11-1)48-42-18-7-9-19-44(42)51-50(52-48)54-46-29-35-15-4-3-14-34(35)28-43(46)40-26-24-37(30-47(40)54)53-45-20-10-8-17-39(45)41-25-23-32-12-5-6-16-38(32)49(41)53/h1-30H. The van der Waals surface area contributed by atoms with Crippen LogP contribution in [0, 0.1) is 0 Å². The number of aromatic nitrogens is 4. The monoisotopic (exact) mass is 686 g/mol. The van der Waals surface area contributed by atoms with Crippen LogP contribution in [0.25, 0.3) is 110 Å². The van der Waals surface area contributed by atoms with Gasteiger partial charge in [0.1, 0.15) is 0 Å². The van der Waals surface area contributed by atoms with Gasteiger partial charge >= 0.3 is 0 Å². The molecule has 0 saturated heterocycles. The van der Waals surface area contributed by atoms with E-state index in [2.05, 4.69) is 191 Å². The summed E-state index contributed by atoms with van der Waals surface area (Å²) in [5.41, 5.74) is 8.51. The molecule has 4 heteroatoms. The summed E-state index contributed by atoms with van der Waals surface area (Å²) in [5.74, 6) is 0.650. The lowest BCUT2D eigenvalue weighted by atomic mass is 10.0. The van der Waals surface area contributed by atoms with E-state index in [1.165, 1.54) is 59.5 Å². The van der Waals surface area contributed by atoms with Crippen LogP contribution in [-0.4, -0.2) is 19.1 Å². The van der Waals surface area contributed by atoms with Crippen molar-refractivity contribution in [1.29, 1.82) is 0 Å². The van der Waals surface area contributed by atoms with Crippen LogP contribution < -0.4 is 0 Å². The zero-order valence-electron chi connectivity index (χ0n) is 29.1. The summed E-state index contributed by atoms with van der Waals surface area (Å²) in [7, 11) is 0. The van der Waals surface area contributed by atoms with E-state index >= 15 is 0 Å². The maximum absolute atomic E-state index is 5.48. The number of benzene rings is 9. The predicted molar refractivity (Wildman–Crippen MR) is 226 cm³/mol. The first kappa shape index (κ1) is 29.3. The number of nitrogens with zero attached hydrogens (tertiary/aromatic N) is 4. The van der Waals surface area contributed by atoms with Gasteiger partial charge in [-0.3, -0.25) is 4.57 Å². The Morgan fingerprint density at radius 1 is 0.333 bits per heavy atom. The van der Waals surface area contributed by atoms with E-state index in [9.17, 15) is 0 Å². The average molecular weight is 687 g/mol. The maximum atomic E-state index is 5.48. The van der Waals surface area contributed by atoms with Crippen molar-refractivity contribution in [2.45, 2.75) is 0 Å². The van der Waals surface area contributed by atoms with E-state index in [1.807, 2.05) is 0 Å². The minimum Gasteiger partial charge on any atom is -0.309 e. The Morgan fingerprint density at radius 3 is 1.80 bits per heavy atom. The molecule has 3 aromatic heterocycles. The van der Waals surface area contributed by atoms with Gasteiger partial charge in [-0.25, -0.2) is 9.97 Å². The van der Waals surface area contributed by atoms with Crippen LogP contribution in [0.15, 0.2) is 182 Å². The van der Waals surface area contributed by atoms with Crippen LogP contribution in [0.1, 0.15) is 0 Å². The van der Waals surface area contributed by atoms with Crippen LogP contribution in [-0.2, 0) is 0 Å². The van der Waals surface area contributed by atoms with Crippen molar-refractivity contribution in [3.05, 3.63) is 182 Å². The Morgan fingerprint density at radius 2 is 0.944 bits per heavy atom. The van der Waals surface area contributed by atoms with Crippen molar-refractivity contribution in [3.8, 4) is 22.9 Å². The predicted octanol–water partition coefficient (Wildman–Crippen LogP) is 13.0. The van der Waals surface area contributed by atoms with Crippen LogP contribution in [0.2, 0.25) is 0 Å². The molecular formula is C50H30N4. The van der Waals surface area contributed by atoms with Gasteiger partial charge in [-0.05, 0) is 69.4 Å². The first-order valence-electron chi connectivity index (χ1n) is 18.4. The summed E-state index contributed by atoms with van der Waals surface area (Å²) in [4.78, 5) is 10.8. The molecule has 4 nitrogen and oxygen atoms in total. The molecule has 0 spiro atoms. The SMILES string of the molecule is c1ccc2cc(-c3nc(-n4c5cc(-n6c7ccccc7c7ccc8ccccc8c76)ccc5c5cc6ccccc6cc54)nc4ccccc34)ccc2c1. The Kier molecular flexibility index (Phi) is 6.02. The van der Waals surface area contributed by atoms with Gasteiger partial charge in [-0.15, -0.1) is 0 Å². The second-order valence-corrected chi connectivity index (χ2v) is 14.2. The van der Waals surface area contributed by atoms with Gasteiger partial charge in [-0.1, -0.05) is 140 Å². The summed E-state index contributed by atoms with van der Waals surface area (Å²) in [6.07, 6.45) is 0. The maximum Gasteiger partial charge on any atom is 0.235 e. The highest BCUT2D eigenvalue weighted by Crippen LogP contribution is 2.40. The van der Waals surface area contributed by atoms with E-state index in [-0.39, 0.29) is 0 Å². The molecule has 0 unspecified atom stereocenters. The molecular weight excluding hydrogens is 657 g/mol. The van der Waals surface area contributed by atoms with Crippen LogP contribution in [0.3, 0.4) is 0 Å². The fourth-order valence-electron chi connectivity index (χ4n) is 8.77. The summed E-state index contributed by atoms with van der Waals surface area (Å²) in [6, 6.07) is 65.6. The normalized spacial score (nSPS) is 12.1. The third-order valence-corrected chi connectivity index (χ3v) is 11.2. The molecule has 3 heterocycles. The van der Waals surface area contributed by atoms with Crippen LogP contribution >= 0.6 is 0 Å². The first-order chi connectivity index (χ1) is 26.8. The molecule has 0 saturated carbocycles. The summed E-state index contributed by atoms with van der Waals surface area (Å²) >= 11 is 0. The fourth-order valence-corrected chi connectivity index (χ4v) is 8.77. The minimum atomic E-state index is 0.650. The van der Waals surface area contributed by atoms with Gasteiger partial charge in [0.25, 0.3) is 0 Å². The lowest BCUT2D eigenvalue weighted by Crippen LogP contribution is -2.04. The smallest absolute Gasteiger partial charge is 0.235 e. The van der Waals surface area contributed by atoms with Crippen molar-refractivity contribution in [1.82, 2.24) is 19.1 Å². The molecule has 0 aliphatic rings. The lowest BCUT2D eigenvalue weighted by Gasteiger charge is -2.14. The molecule has 0 amide bonds. The number of hydrogen-bond acceptors (Lipinski definition) is 2. The van der Waals surface area contributed by atoms with Crippen molar-refractivity contribution in [3.63, 3.8) is 0 Å². The molecule has 12 aromatic rings. The largest absolute Gasteiger partial charge is 0.309 e. The highest BCUT2D eigenvalue weighted by Gasteiger charge is 2.21. The van der Waals surface area contributed by atoms with Crippen molar-refractivity contribution in [2.75, 3.05) is 0 Å². The first-order valence-corrected chi connectivity index (χ1v) is 18.4. The van der Waals surface area contributed by atoms with E-state index in [0.29, 0.717) is 5.95 Å².